The molecule has 0 radical (unpaired) electrons. The quantitative estimate of drug-likeness (QED) is 0.847. The number of imidazole rings is 1. The molecule has 0 bridgehead atoms. The minimum absolute atomic E-state index is 0.427. The standard InChI is InChI=1S/C15H22N4O2/c1-11-13(19(10-16-11)8-9-20-2)15-18-17-14(21-15)12-6-4-3-5-7-12/h10,12H,3-9H2,1-2H3. The lowest BCUT2D eigenvalue weighted by atomic mass is 9.89. The van der Waals surface area contributed by atoms with Crippen LogP contribution in [0.1, 0.15) is 49.6 Å². The monoisotopic (exact) mass is 290 g/mol. The molecule has 0 amide bonds. The van der Waals surface area contributed by atoms with Crippen molar-refractivity contribution in [3.63, 3.8) is 0 Å². The third-order valence-corrected chi connectivity index (χ3v) is 4.15. The number of hydrogen-bond acceptors (Lipinski definition) is 5. The second kappa shape index (κ2) is 6.39. The van der Waals surface area contributed by atoms with Crippen LogP contribution in [0.2, 0.25) is 0 Å². The summed E-state index contributed by atoms with van der Waals surface area (Å²) in [7, 11) is 1.69. The van der Waals surface area contributed by atoms with Crippen LogP contribution in [0.5, 0.6) is 0 Å². The Morgan fingerprint density at radius 3 is 2.86 bits per heavy atom. The van der Waals surface area contributed by atoms with Crippen molar-refractivity contribution in [3.05, 3.63) is 17.9 Å². The largest absolute Gasteiger partial charge is 0.419 e. The van der Waals surface area contributed by atoms with Crippen LogP contribution in [-0.4, -0.2) is 33.5 Å². The zero-order valence-electron chi connectivity index (χ0n) is 12.7. The first-order valence-electron chi connectivity index (χ1n) is 7.64. The van der Waals surface area contributed by atoms with E-state index in [0.29, 0.717) is 18.4 Å². The molecule has 114 valence electrons. The normalized spacial score (nSPS) is 16.5. The first-order valence-corrected chi connectivity index (χ1v) is 7.64. The van der Waals surface area contributed by atoms with Gasteiger partial charge in [-0.3, -0.25) is 0 Å². The van der Waals surface area contributed by atoms with E-state index in [4.69, 9.17) is 9.15 Å². The van der Waals surface area contributed by atoms with Crippen LogP contribution in [0.3, 0.4) is 0 Å². The predicted octanol–water partition coefficient (Wildman–Crippen LogP) is 2.94. The summed E-state index contributed by atoms with van der Waals surface area (Å²) in [5.74, 6) is 1.78. The number of rotatable bonds is 5. The van der Waals surface area contributed by atoms with Crippen LogP contribution in [0.4, 0.5) is 0 Å². The Hall–Kier alpha value is -1.69. The van der Waals surface area contributed by atoms with E-state index in [1.54, 1.807) is 13.4 Å². The van der Waals surface area contributed by atoms with Gasteiger partial charge in [-0.1, -0.05) is 19.3 Å². The summed E-state index contributed by atoms with van der Waals surface area (Å²) < 4.78 is 13.1. The molecule has 0 aromatic carbocycles. The molecule has 6 nitrogen and oxygen atoms in total. The molecular weight excluding hydrogens is 268 g/mol. The van der Waals surface area contributed by atoms with E-state index >= 15 is 0 Å². The van der Waals surface area contributed by atoms with Crippen molar-refractivity contribution in [1.82, 2.24) is 19.7 Å². The molecule has 1 aliphatic rings. The maximum Gasteiger partial charge on any atom is 0.266 e. The molecule has 0 N–H and O–H groups in total. The summed E-state index contributed by atoms with van der Waals surface area (Å²) in [5, 5.41) is 8.51. The van der Waals surface area contributed by atoms with Crippen LogP contribution < -0.4 is 0 Å². The molecule has 0 aliphatic heterocycles. The summed E-state index contributed by atoms with van der Waals surface area (Å²) in [4.78, 5) is 4.35. The molecule has 3 rings (SSSR count). The van der Waals surface area contributed by atoms with Crippen molar-refractivity contribution in [2.45, 2.75) is 51.5 Å². The summed E-state index contributed by atoms with van der Waals surface area (Å²) in [6.45, 7) is 3.32. The topological polar surface area (TPSA) is 66.0 Å². The van der Waals surface area contributed by atoms with Gasteiger partial charge in [0, 0.05) is 19.6 Å². The summed E-state index contributed by atoms with van der Waals surface area (Å²) in [6, 6.07) is 0. The zero-order valence-corrected chi connectivity index (χ0v) is 12.7. The Balaban J connectivity index is 1.83. The van der Waals surface area contributed by atoms with Gasteiger partial charge in [0.2, 0.25) is 5.89 Å². The Bertz CT molecular complexity index is 584. The van der Waals surface area contributed by atoms with E-state index in [9.17, 15) is 0 Å². The molecule has 0 spiro atoms. The van der Waals surface area contributed by atoms with E-state index in [-0.39, 0.29) is 0 Å². The summed E-state index contributed by atoms with van der Waals surface area (Å²) >= 11 is 0. The number of aromatic nitrogens is 4. The van der Waals surface area contributed by atoms with E-state index in [1.807, 2.05) is 11.5 Å². The third kappa shape index (κ3) is 3.00. The summed E-state index contributed by atoms with van der Waals surface area (Å²) in [6.07, 6.45) is 7.95. The SMILES string of the molecule is COCCn1cnc(C)c1-c1nnc(C2CCCCC2)o1. The highest BCUT2D eigenvalue weighted by molar-refractivity contribution is 5.50. The van der Waals surface area contributed by atoms with Crippen LogP contribution in [-0.2, 0) is 11.3 Å². The molecule has 1 fully saturated rings. The highest BCUT2D eigenvalue weighted by atomic mass is 16.5. The lowest BCUT2D eigenvalue weighted by Gasteiger charge is -2.17. The van der Waals surface area contributed by atoms with Gasteiger partial charge >= 0.3 is 0 Å². The van der Waals surface area contributed by atoms with Crippen molar-refractivity contribution in [2.24, 2.45) is 0 Å². The van der Waals surface area contributed by atoms with E-state index in [1.165, 1.54) is 19.3 Å². The molecule has 2 aromatic heterocycles. The van der Waals surface area contributed by atoms with Gasteiger partial charge in [0.25, 0.3) is 5.89 Å². The Kier molecular flexibility index (Phi) is 4.34. The van der Waals surface area contributed by atoms with Crippen molar-refractivity contribution in [1.29, 1.82) is 0 Å². The van der Waals surface area contributed by atoms with Gasteiger partial charge in [-0.2, -0.15) is 0 Å². The second-order valence-corrected chi connectivity index (χ2v) is 5.65. The molecule has 6 heteroatoms. The Morgan fingerprint density at radius 1 is 1.29 bits per heavy atom. The molecule has 21 heavy (non-hydrogen) atoms. The minimum atomic E-state index is 0.427. The highest BCUT2D eigenvalue weighted by Crippen LogP contribution is 2.33. The van der Waals surface area contributed by atoms with Crippen molar-refractivity contribution in [2.75, 3.05) is 13.7 Å². The van der Waals surface area contributed by atoms with Gasteiger partial charge in [0.15, 0.2) is 0 Å². The second-order valence-electron chi connectivity index (χ2n) is 5.65. The fourth-order valence-corrected chi connectivity index (χ4v) is 2.96. The zero-order chi connectivity index (χ0) is 14.7. The lowest BCUT2D eigenvalue weighted by Crippen LogP contribution is -2.05. The fraction of sp³-hybridized carbons (Fsp3) is 0.667. The Labute approximate surface area is 124 Å². The van der Waals surface area contributed by atoms with Crippen LogP contribution in [0.25, 0.3) is 11.6 Å². The smallest absolute Gasteiger partial charge is 0.266 e. The van der Waals surface area contributed by atoms with Gasteiger partial charge in [0.1, 0.15) is 5.69 Å². The molecular formula is C15H22N4O2. The van der Waals surface area contributed by atoms with Crippen molar-refractivity contribution in [3.8, 4) is 11.6 Å². The van der Waals surface area contributed by atoms with E-state index in [0.717, 1.165) is 36.7 Å². The Morgan fingerprint density at radius 2 is 2.10 bits per heavy atom. The van der Waals surface area contributed by atoms with E-state index < -0.39 is 0 Å². The molecule has 1 saturated carbocycles. The number of methoxy groups -OCH3 is 1. The molecule has 0 unspecified atom stereocenters. The van der Waals surface area contributed by atoms with Gasteiger partial charge in [-0.15, -0.1) is 10.2 Å². The minimum Gasteiger partial charge on any atom is -0.419 e. The molecule has 0 atom stereocenters. The number of nitrogens with zero attached hydrogens (tertiary/aromatic N) is 4. The molecule has 1 aliphatic carbocycles. The van der Waals surface area contributed by atoms with E-state index in [2.05, 4.69) is 15.2 Å². The van der Waals surface area contributed by atoms with Gasteiger partial charge in [-0.05, 0) is 19.8 Å². The number of hydrogen-bond donors (Lipinski definition) is 0. The van der Waals surface area contributed by atoms with Crippen LogP contribution in [0, 0.1) is 6.92 Å². The van der Waals surface area contributed by atoms with Gasteiger partial charge in [-0.25, -0.2) is 4.98 Å². The lowest BCUT2D eigenvalue weighted by molar-refractivity contribution is 0.187. The first kappa shape index (κ1) is 14.3. The van der Waals surface area contributed by atoms with Gasteiger partial charge < -0.3 is 13.7 Å². The maximum atomic E-state index is 5.95. The summed E-state index contributed by atoms with van der Waals surface area (Å²) in [5.41, 5.74) is 1.81. The average molecular weight is 290 g/mol. The molecule has 2 heterocycles. The molecule has 0 saturated heterocycles. The van der Waals surface area contributed by atoms with Crippen LogP contribution in [0.15, 0.2) is 10.7 Å². The van der Waals surface area contributed by atoms with Gasteiger partial charge in [0.05, 0.1) is 18.6 Å². The highest BCUT2D eigenvalue weighted by Gasteiger charge is 2.23. The van der Waals surface area contributed by atoms with Crippen molar-refractivity contribution >= 4 is 0 Å². The van der Waals surface area contributed by atoms with Crippen molar-refractivity contribution < 1.29 is 9.15 Å². The number of aryl methyl sites for hydroxylation is 1. The third-order valence-electron chi connectivity index (χ3n) is 4.15. The fourth-order valence-electron chi connectivity index (χ4n) is 2.96. The first-order chi connectivity index (χ1) is 10.3. The molecule has 2 aromatic rings. The predicted molar refractivity (Wildman–Crippen MR) is 78.0 cm³/mol. The maximum absolute atomic E-state index is 5.95. The average Bonchev–Trinajstić information content (AvgIpc) is 3.12. The van der Waals surface area contributed by atoms with Crippen LogP contribution >= 0.6 is 0 Å². The number of ether oxygens (including phenoxy) is 1.